The van der Waals surface area contributed by atoms with Gasteiger partial charge in [0, 0.05) is 50.7 Å². The van der Waals surface area contributed by atoms with E-state index in [1.807, 2.05) is 18.2 Å². The van der Waals surface area contributed by atoms with Crippen LogP contribution in [0.5, 0.6) is 0 Å². The fraction of sp³-hybridized carbons (Fsp3) is 0.435. The van der Waals surface area contributed by atoms with E-state index in [0.29, 0.717) is 12.1 Å². The highest BCUT2D eigenvalue weighted by Gasteiger charge is 2.19. The van der Waals surface area contributed by atoms with Gasteiger partial charge in [0.2, 0.25) is 5.91 Å². The Morgan fingerprint density at radius 3 is 2.37 bits per heavy atom. The van der Waals surface area contributed by atoms with Gasteiger partial charge in [0.25, 0.3) is 11.5 Å². The van der Waals surface area contributed by atoms with Crippen LogP contribution in [0.3, 0.4) is 0 Å². The molecule has 7 heteroatoms. The van der Waals surface area contributed by atoms with E-state index in [2.05, 4.69) is 16.3 Å². The number of rotatable bonds is 6. The predicted octanol–water partition coefficient (Wildman–Crippen LogP) is 2.00. The minimum Gasteiger partial charge on any atom is -0.371 e. The highest BCUT2D eigenvalue weighted by atomic mass is 16.2. The summed E-state index contributed by atoms with van der Waals surface area (Å²) < 4.78 is 1.33. The van der Waals surface area contributed by atoms with Crippen LogP contribution in [0, 0.1) is 0 Å². The van der Waals surface area contributed by atoms with Gasteiger partial charge < -0.3 is 19.7 Å². The van der Waals surface area contributed by atoms with Crippen LogP contribution in [-0.4, -0.2) is 47.5 Å². The number of benzene rings is 1. The first-order valence-electron chi connectivity index (χ1n) is 10.7. The number of nitrogens with one attached hydrogen (secondary N) is 1. The Hall–Kier alpha value is -3.09. The lowest BCUT2D eigenvalue weighted by Crippen LogP contribution is -2.35. The zero-order valence-corrected chi connectivity index (χ0v) is 17.2. The van der Waals surface area contributed by atoms with Crippen molar-refractivity contribution in [3.05, 3.63) is 64.1 Å². The Morgan fingerprint density at radius 1 is 0.900 bits per heavy atom. The van der Waals surface area contributed by atoms with Crippen molar-refractivity contribution < 1.29 is 9.59 Å². The highest BCUT2D eigenvalue weighted by Crippen LogP contribution is 2.24. The third-order valence-corrected chi connectivity index (χ3v) is 5.89. The number of carbonyl (C=O) groups is 2. The number of hydrogen-bond donors (Lipinski definition) is 1. The molecule has 2 saturated heterocycles. The lowest BCUT2D eigenvalue weighted by molar-refractivity contribution is -0.130. The standard InChI is InChI=1S/C23H28N4O3/c28-21-10-9-19(16-27(21)17-22(29)26-13-5-6-14-26)23(30)24-15-18-7-1-2-8-20(18)25-11-3-4-12-25/h1-2,7-10,16H,3-6,11-15,17H2,(H,24,30). The zero-order chi connectivity index (χ0) is 20.9. The van der Waals surface area contributed by atoms with Gasteiger partial charge in [-0.3, -0.25) is 14.4 Å². The number of aromatic nitrogens is 1. The largest absolute Gasteiger partial charge is 0.371 e. The normalized spacial score (nSPS) is 16.1. The van der Waals surface area contributed by atoms with Crippen molar-refractivity contribution in [3.63, 3.8) is 0 Å². The molecule has 0 aliphatic carbocycles. The first kappa shape index (κ1) is 20.2. The van der Waals surface area contributed by atoms with Crippen LogP contribution in [0.2, 0.25) is 0 Å². The van der Waals surface area contributed by atoms with Gasteiger partial charge in [-0.15, -0.1) is 0 Å². The Kier molecular flexibility index (Phi) is 6.16. The summed E-state index contributed by atoms with van der Waals surface area (Å²) in [7, 11) is 0. The quantitative estimate of drug-likeness (QED) is 0.793. The van der Waals surface area contributed by atoms with E-state index in [4.69, 9.17) is 0 Å². The number of likely N-dealkylation sites (tertiary alicyclic amines) is 1. The van der Waals surface area contributed by atoms with Gasteiger partial charge >= 0.3 is 0 Å². The van der Waals surface area contributed by atoms with E-state index in [1.54, 1.807) is 4.90 Å². The number of para-hydroxylation sites is 1. The van der Waals surface area contributed by atoms with E-state index in [9.17, 15) is 14.4 Å². The maximum atomic E-state index is 12.7. The first-order chi connectivity index (χ1) is 14.6. The maximum Gasteiger partial charge on any atom is 0.253 e. The average Bonchev–Trinajstić information content (AvgIpc) is 3.48. The second-order valence-electron chi connectivity index (χ2n) is 7.98. The third-order valence-electron chi connectivity index (χ3n) is 5.89. The summed E-state index contributed by atoms with van der Waals surface area (Å²) in [6.45, 7) is 3.95. The first-order valence-corrected chi connectivity index (χ1v) is 10.7. The summed E-state index contributed by atoms with van der Waals surface area (Å²) in [6, 6.07) is 11.0. The summed E-state index contributed by atoms with van der Waals surface area (Å²) in [5, 5.41) is 2.96. The molecule has 0 unspecified atom stereocenters. The molecule has 2 aromatic rings. The lowest BCUT2D eigenvalue weighted by Gasteiger charge is -2.21. The molecule has 30 heavy (non-hydrogen) atoms. The Morgan fingerprint density at radius 2 is 1.60 bits per heavy atom. The molecule has 1 N–H and O–H groups in total. The molecule has 3 heterocycles. The lowest BCUT2D eigenvalue weighted by atomic mass is 10.1. The van der Waals surface area contributed by atoms with Crippen LogP contribution in [-0.2, 0) is 17.9 Å². The molecule has 158 valence electrons. The van der Waals surface area contributed by atoms with Gasteiger partial charge in [-0.05, 0) is 43.4 Å². The summed E-state index contributed by atoms with van der Waals surface area (Å²) in [5.41, 5.74) is 2.34. The summed E-state index contributed by atoms with van der Waals surface area (Å²) in [6.07, 6.45) is 5.87. The van der Waals surface area contributed by atoms with Crippen LogP contribution in [0.25, 0.3) is 0 Å². The highest BCUT2D eigenvalue weighted by molar-refractivity contribution is 5.94. The Balaban J connectivity index is 1.43. The van der Waals surface area contributed by atoms with Crippen molar-refractivity contribution >= 4 is 17.5 Å². The van der Waals surface area contributed by atoms with E-state index < -0.39 is 0 Å². The molecule has 2 amide bonds. The molecule has 1 aromatic heterocycles. The van der Waals surface area contributed by atoms with E-state index >= 15 is 0 Å². The molecule has 2 fully saturated rings. The fourth-order valence-corrected chi connectivity index (χ4v) is 4.21. The van der Waals surface area contributed by atoms with Gasteiger partial charge in [-0.2, -0.15) is 0 Å². The molecule has 4 rings (SSSR count). The van der Waals surface area contributed by atoms with Crippen LogP contribution < -0.4 is 15.8 Å². The van der Waals surface area contributed by atoms with Crippen LogP contribution in [0.1, 0.15) is 41.6 Å². The number of hydrogen-bond acceptors (Lipinski definition) is 4. The molecular weight excluding hydrogens is 380 g/mol. The molecule has 0 saturated carbocycles. The minimum absolute atomic E-state index is 0.0300. The minimum atomic E-state index is -0.279. The maximum absolute atomic E-state index is 12.7. The van der Waals surface area contributed by atoms with E-state index in [0.717, 1.165) is 50.3 Å². The second kappa shape index (κ2) is 9.15. The fourth-order valence-electron chi connectivity index (χ4n) is 4.21. The number of pyridine rings is 1. The predicted molar refractivity (Wildman–Crippen MR) is 116 cm³/mol. The Bertz CT molecular complexity index is 972. The number of anilines is 1. The van der Waals surface area contributed by atoms with Crippen LogP contribution in [0.4, 0.5) is 5.69 Å². The molecule has 1 aromatic carbocycles. The Labute approximate surface area is 176 Å². The van der Waals surface area contributed by atoms with Gasteiger partial charge in [0.05, 0.1) is 5.56 Å². The number of amides is 2. The van der Waals surface area contributed by atoms with Crippen molar-refractivity contribution in [1.82, 2.24) is 14.8 Å². The molecule has 0 spiro atoms. The van der Waals surface area contributed by atoms with Crippen molar-refractivity contribution in [2.24, 2.45) is 0 Å². The van der Waals surface area contributed by atoms with Crippen molar-refractivity contribution in [1.29, 1.82) is 0 Å². The van der Waals surface area contributed by atoms with Crippen molar-refractivity contribution in [3.8, 4) is 0 Å². The molecule has 0 atom stereocenters. The second-order valence-corrected chi connectivity index (χ2v) is 7.98. The SMILES string of the molecule is O=C(NCc1ccccc1N1CCCC1)c1ccc(=O)n(CC(=O)N2CCCC2)c1. The molecule has 0 bridgehead atoms. The van der Waals surface area contributed by atoms with Gasteiger partial charge in [0.1, 0.15) is 6.54 Å². The monoisotopic (exact) mass is 408 g/mol. The summed E-state index contributed by atoms with van der Waals surface area (Å²) in [4.78, 5) is 41.4. The number of nitrogens with zero attached hydrogens (tertiary/aromatic N) is 3. The molecule has 2 aliphatic heterocycles. The van der Waals surface area contributed by atoms with Crippen LogP contribution >= 0.6 is 0 Å². The van der Waals surface area contributed by atoms with Gasteiger partial charge in [-0.1, -0.05) is 18.2 Å². The third kappa shape index (κ3) is 4.56. The number of carbonyl (C=O) groups excluding carboxylic acids is 2. The zero-order valence-electron chi connectivity index (χ0n) is 17.2. The van der Waals surface area contributed by atoms with E-state index in [-0.39, 0.29) is 23.9 Å². The van der Waals surface area contributed by atoms with Crippen LogP contribution in [0.15, 0.2) is 47.4 Å². The molecular formula is C23H28N4O3. The molecule has 7 nitrogen and oxygen atoms in total. The molecule has 2 aliphatic rings. The topological polar surface area (TPSA) is 74.6 Å². The summed E-state index contributed by atoms with van der Waals surface area (Å²) in [5.74, 6) is -0.333. The summed E-state index contributed by atoms with van der Waals surface area (Å²) >= 11 is 0. The average molecular weight is 409 g/mol. The van der Waals surface area contributed by atoms with E-state index in [1.165, 1.54) is 35.7 Å². The van der Waals surface area contributed by atoms with Gasteiger partial charge in [0.15, 0.2) is 0 Å². The van der Waals surface area contributed by atoms with Gasteiger partial charge in [-0.25, -0.2) is 0 Å². The van der Waals surface area contributed by atoms with Crippen molar-refractivity contribution in [2.75, 3.05) is 31.1 Å². The smallest absolute Gasteiger partial charge is 0.253 e. The molecule has 0 radical (unpaired) electrons. The van der Waals surface area contributed by atoms with Crippen molar-refractivity contribution in [2.45, 2.75) is 38.8 Å².